The molecule has 110 valence electrons. The molecule has 1 N–H and O–H groups in total. The number of aliphatic hydroxyl groups excluding tert-OH is 1. The quantitative estimate of drug-likeness (QED) is 0.809. The fraction of sp³-hybridized carbons (Fsp3) is 0.647. The Morgan fingerprint density at radius 2 is 2.05 bits per heavy atom. The lowest BCUT2D eigenvalue weighted by Gasteiger charge is -2.62. The van der Waals surface area contributed by atoms with Crippen molar-refractivity contribution >= 4 is 0 Å². The molecule has 3 rings (SSSR count). The molecule has 0 radical (unpaired) electrons. The molecule has 1 aliphatic heterocycles. The van der Waals surface area contributed by atoms with Crippen molar-refractivity contribution in [2.24, 2.45) is 5.92 Å². The molecular formula is C17H25NO2. The predicted molar refractivity (Wildman–Crippen MR) is 79.6 cm³/mol. The maximum absolute atomic E-state index is 8.78. The van der Waals surface area contributed by atoms with Crippen LogP contribution in [-0.2, 0) is 10.3 Å². The average Bonchev–Trinajstić information content (AvgIpc) is 2.48. The van der Waals surface area contributed by atoms with Gasteiger partial charge in [0.1, 0.15) is 0 Å². The standard InChI is InChI=1S/C17H25NO2/c19-11-13-20-12-10-18-14-16-8-4-5-9-17(16,18)15-6-2-1-3-7-15/h1-3,6-7,16,19H,4-5,8-14H2. The third-order valence-corrected chi connectivity index (χ3v) is 5.06. The fourth-order valence-corrected chi connectivity index (χ4v) is 4.12. The number of ether oxygens (including phenoxy) is 1. The van der Waals surface area contributed by atoms with E-state index in [0.29, 0.717) is 6.61 Å². The SMILES string of the molecule is OCCOCCN1CC2CCCCC21c1ccccc1. The Morgan fingerprint density at radius 3 is 2.80 bits per heavy atom. The van der Waals surface area contributed by atoms with Crippen LogP contribution in [0, 0.1) is 5.92 Å². The first-order valence-corrected chi connectivity index (χ1v) is 7.87. The highest BCUT2D eigenvalue weighted by Gasteiger charge is 2.54. The molecule has 1 heterocycles. The maximum atomic E-state index is 8.78. The highest BCUT2D eigenvalue weighted by atomic mass is 16.5. The molecule has 0 aromatic heterocycles. The highest BCUT2D eigenvalue weighted by molar-refractivity contribution is 5.30. The van der Waals surface area contributed by atoms with Crippen molar-refractivity contribution in [2.45, 2.75) is 31.2 Å². The van der Waals surface area contributed by atoms with Gasteiger partial charge in [0.25, 0.3) is 0 Å². The van der Waals surface area contributed by atoms with Gasteiger partial charge >= 0.3 is 0 Å². The summed E-state index contributed by atoms with van der Waals surface area (Å²) in [6.45, 7) is 3.48. The van der Waals surface area contributed by atoms with Crippen molar-refractivity contribution in [3.05, 3.63) is 35.9 Å². The fourth-order valence-electron chi connectivity index (χ4n) is 4.12. The zero-order valence-corrected chi connectivity index (χ0v) is 12.1. The van der Waals surface area contributed by atoms with Crippen LogP contribution in [0.3, 0.4) is 0 Å². The third kappa shape index (κ3) is 2.39. The normalized spacial score (nSPS) is 29.8. The van der Waals surface area contributed by atoms with E-state index in [1.165, 1.54) is 37.8 Å². The topological polar surface area (TPSA) is 32.7 Å². The lowest BCUT2D eigenvalue weighted by molar-refractivity contribution is -0.124. The van der Waals surface area contributed by atoms with E-state index in [4.69, 9.17) is 9.84 Å². The molecule has 1 aromatic carbocycles. The number of likely N-dealkylation sites (tertiary alicyclic amines) is 1. The van der Waals surface area contributed by atoms with Crippen LogP contribution >= 0.6 is 0 Å². The number of hydrogen-bond donors (Lipinski definition) is 1. The molecule has 2 aliphatic rings. The zero-order valence-electron chi connectivity index (χ0n) is 12.1. The molecule has 2 atom stereocenters. The van der Waals surface area contributed by atoms with Gasteiger partial charge in [0.2, 0.25) is 0 Å². The maximum Gasteiger partial charge on any atom is 0.0698 e. The van der Waals surface area contributed by atoms with Crippen LogP contribution in [0.4, 0.5) is 0 Å². The predicted octanol–water partition coefficient (Wildman–Crippen LogP) is 2.40. The van der Waals surface area contributed by atoms with Crippen molar-refractivity contribution in [3.63, 3.8) is 0 Å². The summed E-state index contributed by atoms with van der Waals surface area (Å²) >= 11 is 0. The number of rotatable bonds is 6. The number of hydrogen-bond acceptors (Lipinski definition) is 3. The Kier molecular flexibility index (Phi) is 4.39. The lowest BCUT2D eigenvalue weighted by Crippen LogP contribution is -2.66. The summed E-state index contributed by atoms with van der Waals surface area (Å²) in [6.07, 6.45) is 5.36. The first kappa shape index (κ1) is 14.1. The van der Waals surface area contributed by atoms with Crippen molar-refractivity contribution in [1.29, 1.82) is 0 Å². The molecule has 3 heteroatoms. The summed E-state index contributed by atoms with van der Waals surface area (Å²) in [5, 5.41) is 8.78. The molecular weight excluding hydrogens is 250 g/mol. The lowest BCUT2D eigenvalue weighted by atomic mass is 9.62. The summed E-state index contributed by atoms with van der Waals surface area (Å²) in [6, 6.07) is 11.0. The molecule has 3 nitrogen and oxygen atoms in total. The summed E-state index contributed by atoms with van der Waals surface area (Å²) in [5.74, 6) is 0.816. The summed E-state index contributed by atoms with van der Waals surface area (Å²) < 4.78 is 5.46. The van der Waals surface area contributed by atoms with Gasteiger partial charge in [-0.2, -0.15) is 0 Å². The van der Waals surface area contributed by atoms with Gasteiger partial charge in [-0.25, -0.2) is 0 Å². The van der Waals surface area contributed by atoms with Gasteiger partial charge in [0.15, 0.2) is 0 Å². The Labute approximate surface area is 121 Å². The van der Waals surface area contributed by atoms with Crippen LogP contribution in [0.25, 0.3) is 0 Å². The Hall–Kier alpha value is -0.900. The zero-order chi connectivity index (χ0) is 13.8. The Morgan fingerprint density at radius 1 is 1.20 bits per heavy atom. The Balaban J connectivity index is 1.72. The molecule has 20 heavy (non-hydrogen) atoms. The minimum Gasteiger partial charge on any atom is -0.394 e. The van der Waals surface area contributed by atoms with Gasteiger partial charge in [0.05, 0.1) is 25.4 Å². The molecule has 1 aromatic rings. The highest BCUT2D eigenvalue weighted by Crippen LogP contribution is 2.53. The molecule has 2 unspecified atom stereocenters. The second kappa shape index (κ2) is 6.25. The van der Waals surface area contributed by atoms with E-state index < -0.39 is 0 Å². The van der Waals surface area contributed by atoms with Crippen LogP contribution in [0.2, 0.25) is 0 Å². The van der Waals surface area contributed by atoms with E-state index in [-0.39, 0.29) is 12.1 Å². The van der Waals surface area contributed by atoms with E-state index in [1.54, 1.807) is 0 Å². The summed E-state index contributed by atoms with van der Waals surface area (Å²) in [5.41, 5.74) is 1.75. The van der Waals surface area contributed by atoms with Gasteiger partial charge in [-0.15, -0.1) is 0 Å². The molecule has 0 amide bonds. The van der Waals surface area contributed by atoms with Crippen molar-refractivity contribution in [3.8, 4) is 0 Å². The number of aliphatic hydroxyl groups is 1. The van der Waals surface area contributed by atoms with E-state index >= 15 is 0 Å². The van der Waals surface area contributed by atoms with Crippen LogP contribution in [0.1, 0.15) is 31.2 Å². The second-order valence-corrected chi connectivity index (χ2v) is 6.01. The first-order chi connectivity index (χ1) is 9.88. The van der Waals surface area contributed by atoms with Crippen LogP contribution < -0.4 is 0 Å². The van der Waals surface area contributed by atoms with Gasteiger partial charge < -0.3 is 9.84 Å². The van der Waals surface area contributed by atoms with Crippen molar-refractivity contribution in [1.82, 2.24) is 4.90 Å². The third-order valence-electron chi connectivity index (χ3n) is 5.06. The van der Waals surface area contributed by atoms with Gasteiger partial charge in [-0.1, -0.05) is 43.2 Å². The van der Waals surface area contributed by atoms with Gasteiger partial charge in [-0.05, 0) is 24.3 Å². The Bertz CT molecular complexity index is 422. The van der Waals surface area contributed by atoms with Crippen LogP contribution in [0.15, 0.2) is 30.3 Å². The van der Waals surface area contributed by atoms with Crippen molar-refractivity contribution < 1.29 is 9.84 Å². The smallest absolute Gasteiger partial charge is 0.0698 e. The minimum atomic E-state index is 0.118. The summed E-state index contributed by atoms with van der Waals surface area (Å²) in [7, 11) is 0. The summed E-state index contributed by atoms with van der Waals surface area (Å²) in [4.78, 5) is 2.60. The second-order valence-electron chi connectivity index (χ2n) is 6.01. The van der Waals surface area contributed by atoms with E-state index in [9.17, 15) is 0 Å². The molecule has 1 saturated carbocycles. The van der Waals surface area contributed by atoms with Gasteiger partial charge in [0, 0.05) is 13.1 Å². The van der Waals surface area contributed by atoms with Crippen LogP contribution in [-0.4, -0.2) is 42.9 Å². The van der Waals surface area contributed by atoms with Gasteiger partial charge in [-0.3, -0.25) is 4.90 Å². The number of nitrogens with zero attached hydrogens (tertiary/aromatic N) is 1. The molecule has 0 bridgehead atoms. The average molecular weight is 275 g/mol. The van der Waals surface area contributed by atoms with E-state index in [2.05, 4.69) is 35.2 Å². The minimum absolute atomic E-state index is 0.118. The molecule has 0 spiro atoms. The number of fused-ring (bicyclic) bond motifs is 1. The first-order valence-electron chi connectivity index (χ1n) is 7.87. The molecule has 2 fully saturated rings. The largest absolute Gasteiger partial charge is 0.394 e. The number of benzene rings is 1. The van der Waals surface area contributed by atoms with E-state index in [0.717, 1.165) is 19.1 Å². The molecule has 1 saturated heterocycles. The van der Waals surface area contributed by atoms with Crippen molar-refractivity contribution in [2.75, 3.05) is 32.9 Å². The van der Waals surface area contributed by atoms with Crippen LogP contribution in [0.5, 0.6) is 0 Å². The molecule has 1 aliphatic carbocycles. The monoisotopic (exact) mass is 275 g/mol. The van der Waals surface area contributed by atoms with E-state index in [1.807, 2.05) is 0 Å².